The molecule has 1 saturated heterocycles. The van der Waals surface area contributed by atoms with Gasteiger partial charge in [-0.25, -0.2) is 27.7 Å². The van der Waals surface area contributed by atoms with E-state index in [1.807, 2.05) is 5.32 Å². The summed E-state index contributed by atoms with van der Waals surface area (Å²) in [6, 6.07) is -1.19. The highest BCUT2D eigenvalue weighted by atomic mass is 19.4. The first-order valence-corrected chi connectivity index (χ1v) is 12.6. The van der Waals surface area contributed by atoms with Gasteiger partial charge in [0.15, 0.2) is 17.1 Å². The van der Waals surface area contributed by atoms with Crippen LogP contribution >= 0.6 is 0 Å². The van der Waals surface area contributed by atoms with Crippen LogP contribution in [0.25, 0.3) is 5.65 Å². The van der Waals surface area contributed by atoms with E-state index >= 15 is 0 Å². The number of aryl methyl sites for hydroxylation is 1. The highest BCUT2D eigenvalue weighted by molar-refractivity contribution is 5.95. The number of carbonyl (C=O) groups excluding carboxylic acids is 2. The van der Waals surface area contributed by atoms with Crippen molar-refractivity contribution in [1.82, 2.24) is 35.1 Å². The molecule has 0 unspecified atom stereocenters. The molecule has 210 valence electrons. The van der Waals surface area contributed by atoms with Crippen molar-refractivity contribution in [3.05, 3.63) is 41.1 Å². The van der Waals surface area contributed by atoms with Crippen molar-refractivity contribution in [1.29, 1.82) is 0 Å². The van der Waals surface area contributed by atoms with Gasteiger partial charge < -0.3 is 10.2 Å². The number of aromatic nitrogens is 5. The van der Waals surface area contributed by atoms with Gasteiger partial charge in [0.1, 0.15) is 11.7 Å². The number of halogens is 5. The Balaban J connectivity index is 1.39. The average molecular weight is 556 g/mol. The van der Waals surface area contributed by atoms with E-state index in [9.17, 15) is 31.5 Å². The Morgan fingerprint density at radius 2 is 2.00 bits per heavy atom. The molecule has 2 atom stereocenters. The molecule has 0 radical (unpaired) electrons. The Morgan fingerprint density at radius 1 is 1.26 bits per heavy atom. The van der Waals surface area contributed by atoms with Crippen LogP contribution < -0.4 is 5.32 Å². The van der Waals surface area contributed by atoms with E-state index in [1.165, 1.54) is 10.7 Å². The van der Waals surface area contributed by atoms with Crippen LogP contribution in [0.2, 0.25) is 0 Å². The number of amides is 2. The molecule has 1 saturated carbocycles. The number of urea groups is 1. The Morgan fingerprint density at radius 3 is 2.67 bits per heavy atom. The van der Waals surface area contributed by atoms with Crippen LogP contribution in [-0.2, 0) is 13.0 Å². The lowest BCUT2D eigenvalue weighted by Crippen LogP contribution is -2.40. The number of nitrogens with one attached hydrogen (secondary N) is 1. The molecule has 2 fully saturated rings. The second-order valence-corrected chi connectivity index (χ2v) is 10.1. The molecule has 1 aliphatic heterocycles. The molecule has 0 spiro atoms. The molecule has 3 aromatic rings. The van der Waals surface area contributed by atoms with Crippen LogP contribution in [0.5, 0.6) is 0 Å². The molecule has 2 aliphatic rings. The second-order valence-electron chi connectivity index (χ2n) is 10.1. The lowest BCUT2D eigenvalue weighted by Gasteiger charge is -2.32. The largest absolute Gasteiger partial charge is 0.410 e. The van der Waals surface area contributed by atoms with Crippen molar-refractivity contribution < 1.29 is 36.2 Å². The lowest BCUT2D eigenvalue weighted by atomic mass is 9.75. The van der Waals surface area contributed by atoms with Crippen LogP contribution in [0.3, 0.4) is 0 Å². The van der Waals surface area contributed by atoms with Crippen molar-refractivity contribution in [2.45, 2.75) is 76.1 Å². The minimum Gasteiger partial charge on any atom is -0.324 e. The summed E-state index contributed by atoms with van der Waals surface area (Å²) in [4.78, 5) is 30.8. The molecule has 5 rings (SSSR count). The van der Waals surface area contributed by atoms with E-state index in [-0.39, 0.29) is 56.0 Å². The number of fused-ring (bicyclic) bond motifs is 1. The summed E-state index contributed by atoms with van der Waals surface area (Å²) in [6.07, 6.45) is -1.29. The quantitative estimate of drug-likeness (QED) is 0.325. The monoisotopic (exact) mass is 555 g/mol. The molecule has 10 nitrogen and oxygen atoms in total. The van der Waals surface area contributed by atoms with Gasteiger partial charge in [-0.1, -0.05) is 12.1 Å². The second kappa shape index (κ2) is 10.2. The number of rotatable bonds is 8. The van der Waals surface area contributed by atoms with Gasteiger partial charge in [-0.2, -0.15) is 18.3 Å². The summed E-state index contributed by atoms with van der Waals surface area (Å²) in [5, 5.41) is 13.7. The SMILES string of the molecule is CCc1nonc1C(=O)C[C@H](c1cn2ncc(CN3C[C@@H](C(F)(F)F)NC3=O)cc2n1)C1CCC(F)(F)CC1. The predicted octanol–water partition coefficient (Wildman–Crippen LogP) is 4.31. The van der Waals surface area contributed by atoms with E-state index in [2.05, 4.69) is 20.4 Å². The maximum Gasteiger partial charge on any atom is 0.410 e. The van der Waals surface area contributed by atoms with E-state index in [4.69, 9.17) is 4.63 Å². The molecule has 4 heterocycles. The molecule has 1 N–H and O–H groups in total. The maximum absolute atomic E-state index is 13.9. The first-order valence-electron chi connectivity index (χ1n) is 12.6. The first-order chi connectivity index (χ1) is 18.4. The Hall–Kier alpha value is -3.65. The highest BCUT2D eigenvalue weighted by Crippen LogP contribution is 2.43. The number of ketones is 1. The van der Waals surface area contributed by atoms with Crippen molar-refractivity contribution in [3.8, 4) is 0 Å². The number of carbonyl (C=O) groups is 2. The van der Waals surface area contributed by atoms with Crippen molar-refractivity contribution >= 4 is 17.5 Å². The minimum absolute atomic E-state index is 0.0407. The maximum atomic E-state index is 13.9. The smallest absolute Gasteiger partial charge is 0.324 e. The zero-order chi connectivity index (χ0) is 27.9. The van der Waals surface area contributed by atoms with Crippen LogP contribution in [0.1, 0.15) is 72.4 Å². The van der Waals surface area contributed by atoms with E-state index in [1.54, 1.807) is 19.2 Å². The number of alkyl halides is 5. The van der Waals surface area contributed by atoms with Crippen LogP contribution in [0.15, 0.2) is 23.1 Å². The minimum atomic E-state index is -4.56. The standard InChI is InChI=1S/C24H26F5N7O3/c1-2-16-21(34-39-33-16)18(37)8-15(14-3-5-23(25,26)6-4-14)17-11-36-20(31-17)7-13(9-30-36)10-35-12-19(24(27,28)29)32-22(35)38/h7,9,11,14-15,19H,2-6,8,10,12H2,1H3,(H,32,38)/t15-,19-/m0/s1. The molecular formula is C24H26F5N7O3. The van der Waals surface area contributed by atoms with Crippen LogP contribution in [-0.4, -0.2) is 66.3 Å². The fraction of sp³-hybridized carbons (Fsp3) is 0.583. The van der Waals surface area contributed by atoms with Gasteiger partial charge in [-0.15, -0.1) is 0 Å². The number of hydrogen-bond donors (Lipinski definition) is 1. The van der Waals surface area contributed by atoms with Gasteiger partial charge in [0, 0.05) is 31.7 Å². The highest BCUT2D eigenvalue weighted by Gasteiger charge is 2.47. The molecule has 1 aliphatic carbocycles. The number of hydrogen-bond acceptors (Lipinski definition) is 7. The zero-order valence-electron chi connectivity index (χ0n) is 20.9. The molecule has 15 heteroatoms. The van der Waals surface area contributed by atoms with E-state index in [0.29, 0.717) is 29.0 Å². The van der Waals surface area contributed by atoms with Gasteiger partial charge in [0.2, 0.25) is 5.92 Å². The third kappa shape index (κ3) is 5.71. The Labute approximate surface area is 218 Å². The van der Waals surface area contributed by atoms with Gasteiger partial charge in [0.25, 0.3) is 0 Å². The van der Waals surface area contributed by atoms with E-state index < -0.39 is 36.6 Å². The summed E-state index contributed by atoms with van der Waals surface area (Å²) in [5.74, 6) is -3.83. The first kappa shape index (κ1) is 26.9. The summed E-state index contributed by atoms with van der Waals surface area (Å²) >= 11 is 0. The third-order valence-electron chi connectivity index (χ3n) is 7.42. The topological polar surface area (TPSA) is 119 Å². The lowest BCUT2D eigenvalue weighted by molar-refractivity contribution is -0.149. The molecule has 2 amide bonds. The molecule has 39 heavy (non-hydrogen) atoms. The fourth-order valence-electron chi connectivity index (χ4n) is 5.25. The zero-order valence-corrected chi connectivity index (χ0v) is 20.9. The van der Waals surface area contributed by atoms with Gasteiger partial charge in [-0.05, 0) is 42.0 Å². The van der Waals surface area contributed by atoms with Crippen molar-refractivity contribution in [2.75, 3.05) is 6.54 Å². The summed E-state index contributed by atoms with van der Waals surface area (Å²) < 4.78 is 73.0. The van der Waals surface area contributed by atoms with E-state index in [0.717, 1.165) is 4.90 Å². The number of Topliss-reactive ketones (excluding diaryl/α,β-unsaturated/α-hetero) is 1. The van der Waals surface area contributed by atoms with Gasteiger partial charge >= 0.3 is 12.2 Å². The summed E-state index contributed by atoms with van der Waals surface area (Å²) in [6.45, 7) is 1.17. The molecular weight excluding hydrogens is 529 g/mol. The average Bonchev–Trinajstić information content (AvgIpc) is 3.60. The van der Waals surface area contributed by atoms with Crippen LogP contribution in [0, 0.1) is 5.92 Å². The molecule has 3 aromatic heterocycles. The summed E-state index contributed by atoms with van der Waals surface area (Å²) in [5.41, 5.74) is 1.81. The van der Waals surface area contributed by atoms with Crippen molar-refractivity contribution in [2.24, 2.45) is 5.92 Å². The number of nitrogens with zero attached hydrogens (tertiary/aromatic N) is 6. The predicted molar refractivity (Wildman–Crippen MR) is 124 cm³/mol. The third-order valence-corrected chi connectivity index (χ3v) is 7.42. The van der Waals surface area contributed by atoms with Crippen molar-refractivity contribution in [3.63, 3.8) is 0 Å². The molecule has 0 bridgehead atoms. The van der Waals surface area contributed by atoms with Gasteiger partial charge in [-0.3, -0.25) is 4.79 Å². The van der Waals surface area contributed by atoms with Gasteiger partial charge in [0.05, 0.1) is 24.6 Å². The van der Waals surface area contributed by atoms with Crippen LogP contribution in [0.4, 0.5) is 26.7 Å². The Kier molecular flexibility index (Phi) is 7.01. The normalized spacial score (nSPS) is 20.9. The Bertz CT molecular complexity index is 1360. The molecule has 0 aromatic carbocycles. The summed E-state index contributed by atoms with van der Waals surface area (Å²) in [7, 11) is 0. The number of imidazole rings is 1. The fourth-order valence-corrected chi connectivity index (χ4v) is 5.25.